The van der Waals surface area contributed by atoms with Gasteiger partial charge in [0.1, 0.15) is 5.82 Å². The van der Waals surface area contributed by atoms with Crippen LogP contribution in [0, 0.1) is 6.92 Å². The highest BCUT2D eigenvalue weighted by Gasteiger charge is 2.14. The maximum absolute atomic E-state index is 12.5. The van der Waals surface area contributed by atoms with Gasteiger partial charge in [0.05, 0.1) is 11.3 Å². The van der Waals surface area contributed by atoms with Gasteiger partial charge >= 0.3 is 0 Å². The second-order valence-corrected chi connectivity index (χ2v) is 7.87. The highest BCUT2D eigenvalue weighted by Crippen LogP contribution is 2.24. The smallest absolute Gasteiger partial charge is 0.253 e. The molecular weight excluding hydrogens is 400 g/mol. The van der Waals surface area contributed by atoms with Gasteiger partial charge in [-0.2, -0.15) is 4.52 Å². The minimum Gasteiger partial charge on any atom is -0.345 e. The Balaban J connectivity index is 1.52. The van der Waals surface area contributed by atoms with E-state index in [9.17, 15) is 9.59 Å². The standard InChI is InChI=1S/C21H20N6O2S/c1-13-22-19-16-9-4-5-10-17(16)24-21(27(19)25-13)30-12-18(28)23-15-8-6-7-14(11-15)20(29)26(2)3/h4-11H,12H2,1-3H3,(H,23,28). The molecule has 0 aliphatic rings. The number of rotatable bonds is 5. The second-order valence-electron chi connectivity index (χ2n) is 6.92. The average molecular weight is 420 g/mol. The monoisotopic (exact) mass is 420 g/mol. The second kappa shape index (κ2) is 8.11. The van der Waals surface area contributed by atoms with E-state index >= 15 is 0 Å². The van der Waals surface area contributed by atoms with Crippen molar-refractivity contribution >= 4 is 45.8 Å². The molecular formula is C21H20N6O2S. The van der Waals surface area contributed by atoms with Crippen LogP contribution in [0.1, 0.15) is 16.2 Å². The van der Waals surface area contributed by atoms with E-state index in [1.165, 1.54) is 16.7 Å². The summed E-state index contributed by atoms with van der Waals surface area (Å²) in [7, 11) is 3.38. The lowest BCUT2D eigenvalue weighted by atomic mass is 10.2. The summed E-state index contributed by atoms with van der Waals surface area (Å²) in [5.41, 5.74) is 2.61. The predicted octanol–water partition coefficient (Wildman–Crippen LogP) is 3.02. The van der Waals surface area contributed by atoms with Gasteiger partial charge in [0.25, 0.3) is 5.91 Å². The van der Waals surface area contributed by atoms with E-state index in [2.05, 4.69) is 20.4 Å². The van der Waals surface area contributed by atoms with Gasteiger partial charge in [0.15, 0.2) is 10.8 Å². The number of carbonyl (C=O) groups is 2. The number of nitrogens with zero attached hydrogens (tertiary/aromatic N) is 5. The highest BCUT2D eigenvalue weighted by atomic mass is 32.2. The number of nitrogens with one attached hydrogen (secondary N) is 1. The Morgan fingerprint density at radius 3 is 2.70 bits per heavy atom. The largest absolute Gasteiger partial charge is 0.345 e. The molecule has 9 heteroatoms. The van der Waals surface area contributed by atoms with Crippen LogP contribution < -0.4 is 5.32 Å². The Kier molecular flexibility index (Phi) is 5.37. The fraction of sp³-hybridized carbons (Fsp3) is 0.190. The number of hydrogen-bond acceptors (Lipinski definition) is 6. The lowest BCUT2D eigenvalue weighted by Gasteiger charge is -2.11. The minimum absolute atomic E-state index is 0.121. The molecule has 2 aromatic heterocycles. The van der Waals surface area contributed by atoms with Crippen LogP contribution >= 0.6 is 11.8 Å². The number of anilines is 1. The van der Waals surface area contributed by atoms with Crippen molar-refractivity contribution in [3.63, 3.8) is 0 Å². The van der Waals surface area contributed by atoms with Crippen LogP contribution in [0.4, 0.5) is 5.69 Å². The zero-order valence-electron chi connectivity index (χ0n) is 16.8. The molecule has 8 nitrogen and oxygen atoms in total. The molecule has 0 aliphatic heterocycles. The van der Waals surface area contributed by atoms with Gasteiger partial charge in [-0.05, 0) is 37.3 Å². The van der Waals surface area contributed by atoms with E-state index < -0.39 is 0 Å². The van der Waals surface area contributed by atoms with Crippen LogP contribution in [0.3, 0.4) is 0 Å². The Morgan fingerprint density at radius 2 is 1.90 bits per heavy atom. The summed E-state index contributed by atoms with van der Waals surface area (Å²) in [6, 6.07) is 14.6. The van der Waals surface area contributed by atoms with Crippen molar-refractivity contribution in [2.75, 3.05) is 25.2 Å². The molecule has 0 saturated heterocycles. The van der Waals surface area contributed by atoms with Crippen LogP contribution in [0.2, 0.25) is 0 Å². The van der Waals surface area contributed by atoms with E-state index in [-0.39, 0.29) is 17.6 Å². The van der Waals surface area contributed by atoms with E-state index in [4.69, 9.17) is 0 Å². The van der Waals surface area contributed by atoms with Crippen LogP contribution in [0.15, 0.2) is 53.7 Å². The van der Waals surface area contributed by atoms with E-state index in [0.29, 0.717) is 22.2 Å². The Morgan fingerprint density at radius 1 is 1.10 bits per heavy atom. The van der Waals surface area contributed by atoms with E-state index in [0.717, 1.165) is 16.6 Å². The summed E-state index contributed by atoms with van der Waals surface area (Å²) < 4.78 is 1.67. The molecule has 2 aromatic carbocycles. The van der Waals surface area contributed by atoms with Crippen molar-refractivity contribution in [3.8, 4) is 0 Å². The number of thioether (sulfide) groups is 1. The molecule has 2 heterocycles. The van der Waals surface area contributed by atoms with E-state index in [1.54, 1.807) is 42.9 Å². The molecule has 0 atom stereocenters. The van der Waals surface area contributed by atoms with Crippen LogP contribution in [-0.4, -0.2) is 56.1 Å². The molecule has 0 saturated carbocycles. The Hall–Kier alpha value is -3.46. The van der Waals surface area contributed by atoms with Crippen molar-refractivity contribution in [1.82, 2.24) is 24.5 Å². The normalized spacial score (nSPS) is 11.0. The van der Waals surface area contributed by atoms with Gasteiger partial charge in [-0.1, -0.05) is 30.0 Å². The third kappa shape index (κ3) is 3.97. The number of benzene rings is 2. The number of carbonyl (C=O) groups excluding carboxylic acids is 2. The van der Waals surface area contributed by atoms with Gasteiger partial charge in [-0.3, -0.25) is 9.59 Å². The van der Waals surface area contributed by atoms with Crippen molar-refractivity contribution in [1.29, 1.82) is 0 Å². The molecule has 1 N–H and O–H groups in total. The number of hydrogen-bond donors (Lipinski definition) is 1. The molecule has 0 unspecified atom stereocenters. The number of para-hydroxylation sites is 1. The number of aromatic nitrogens is 4. The number of amides is 2. The lowest BCUT2D eigenvalue weighted by molar-refractivity contribution is -0.113. The maximum Gasteiger partial charge on any atom is 0.253 e. The van der Waals surface area contributed by atoms with Crippen molar-refractivity contribution < 1.29 is 9.59 Å². The molecule has 152 valence electrons. The summed E-state index contributed by atoms with van der Waals surface area (Å²) in [6.07, 6.45) is 0. The van der Waals surface area contributed by atoms with Crippen LogP contribution in [0.25, 0.3) is 16.6 Å². The van der Waals surface area contributed by atoms with Crippen molar-refractivity contribution in [2.24, 2.45) is 0 Å². The van der Waals surface area contributed by atoms with Gasteiger partial charge < -0.3 is 10.2 Å². The van der Waals surface area contributed by atoms with E-state index in [1.807, 2.05) is 31.2 Å². The zero-order valence-corrected chi connectivity index (χ0v) is 17.6. The summed E-state index contributed by atoms with van der Waals surface area (Å²) in [4.78, 5) is 35.3. The summed E-state index contributed by atoms with van der Waals surface area (Å²) in [5.74, 6) is 0.464. The quantitative estimate of drug-likeness (QED) is 0.394. The Bertz CT molecular complexity index is 1270. The predicted molar refractivity (Wildman–Crippen MR) is 117 cm³/mol. The van der Waals surface area contributed by atoms with Gasteiger partial charge in [-0.15, -0.1) is 5.10 Å². The van der Waals surface area contributed by atoms with Gasteiger partial charge in [0, 0.05) is 30.7 Å². The summed E-state index contributed by atoms with van der Waals surface area (Å²) in [5, 5.41) is 8.76. The third-order valence-corrected chi connectivity index (χ3v) is 5.32. The molecule has 0 bridgehead atoms. The molecule has 4 rings (SSSR count). The van der Waals surface area contributed by atoms with Crippen molar-refractivity contribution in [2.45, 2.75) is 12.1 Å². The summed E-state index contributed by atoms with van der Waals surface area (Å²) in [6.45, 7) is 1.82. The summed E-state index contributed by atoms with van der Waals surface area (Å²) >= 11 is 1.28. The third-order valence-electron chi connectivity index (χ3n) is 4.39. The zero-order chi connectivity index (χ0) is 21.3. The van der Waals surface area contributed by atoms with Crippen molar-refractivity contribution in [3.05, 3.63) is 59.9 Å². The molecule has 0 spiro atoms. The van der Waals surface area contributed by atoms with Crippen LogP contribution in [-0.2, 0) is 4.79 Å². The first-order valence-corrected chi connectivity index (χ1v) is 10.3. The SMILES string of the molecule is Cc1nc2c3ccccc3nc(SCC(=O)Nc3cccc(C(=O)N(C)C)c3)n2n1. The first kappa shape index (κ1) is 19.8. The average Bonchev–Trinajstić information content (AvgIpc) is 3.13. The Labute approximate surface area is 177 Å². The van der Waals surface area contributed by atoms with Gasteiger partial charge in [-0.25, -0.2) is 9.97 Å². The number of aryl methyl sites for hydroxylation is 1. The highest BCUT2D eigenvalue weighted by molar-refractivity contribution is 7.99. The van der Waals surface area contributed by atoms with Crippen LogP contribution in [0.5, 0.6) is 0 Å². The minimum atomic E-state index is -0.200. The fourth-order valence-electron chi connectivity index (χ4n) is 3.04. The topological polar surface area (TPSA) is 92.5 Å². The molecule has 2 amide bonds. The molecule has 0 radical (unpaired) electrons. The van der Waals surface area contributed by atoms with Gasteiger partial charge in [0.2, 0.25) is 5.91 Å². The molecule has 0 fully saturated rings. The fourth-order valence-corrected chi connectivity index (χ4v) is 3.79. The molecule has 0 aliphatic carbocycles. The first-order chi connectivity index (χ1) is 14.4. The number of fused-ring (bicyclic) bond motifs is 3. The molecule has 30 heavy (non-hydrogen) atoms. The molecule has 4 aromatic rings. The maximum atomic E-state index is 12.5. The first-order valence-electron chi connectivity index (χ1n) is 9.29. The lowest BCUT2D eigenvalue weighted by Crippen LogP contribution is -2.22.